The number of amides is 1. The van der Waals surface area contributed by atoms with Gasteiger partial charge in [0.15, 0.2) is 5.75 Å². The van der Waals surface area contributed by atoms with Gasteiger partial charge in [-0.3, -0.25) is 9.69 Å². The van der Waals surface area contributed by atoms with Crippen molar-refractivity contribution in [3.63, 3.8) is 0 Å². The number of halogens is 2. The molecule has 0 bridgehead atoms. The van der Waals surface area contributed by atoms with Crippen LogP contribution in [0.5, 0.6) is 11.5 Å². The summed E-state index contributed by atoms with van der Waals surface area (Å²) in [5.74, 6) is 1.16. The third-order valence-corrected chi connectivity index (χ3v) is 5.85. The van der Waals surface area contributed by atoms with E-state index in [0.29, 0.717) is 28.8 Å². The van der Waals surface area contributed by atoms with Crippen LogP contribution < -0.4 is 10.1 Å². The Labute approximate surface area is 192 Å². The second kappa shape index (κ2) is 10.2. The number of nitrogens with one attached hydrogen (secondary N) is 1. The summed E-state index contributed by atoms with van der Waals surface area (Å²) in [4.78, 5) is 15.4. The lowest BCUT2D eigenvalue weighted by atomic mass is 9.96. The van der Waals surface area contributed by atoms with E-state index in [4.69, 9.17) is 27.9 Å². The van der Waals surface area contributed by atoms with Crippen molar-refractivity contribution in [2.24, 2.45) is 5.92 Å². The number of ether oxygens (including phenoxy) is 1. The minimum atomic E-state index is -0.0930. The van der Waals surface area contributed by atoms with E-state index in [9.17, 15) is 4.79 Å². The molecule has 3 aromatic rings. The van der Waals surface area contributed by atoms with Crippen LogP contribution in [-0.2, 0) is 11.3 Å². The number of hydrogen-bond acceptors (Lipinski definition) is 3. The lowest BCUT2D eigenvalue weighted by Crippen LogP contribution is -2.40. The Balaban J connectivity index is 1.42. The molecule has 3 aromatic carbocycles. The maximum atomic E-state index is 13.1. The Hall–Kier alpha value is -2.53. The molecule has 0 saturated carbocycles. The average Bonchev–Trinajstić information content (AvgIpc) is 2.78. The van der Waals surface area contributed by atoms with Gasteiger partial charge < -0.3 is 10.1 Å². The van der Waals surface area contributed by atoms with Crippen molar-refractivity contribution in [1.82, 2.24) is 4.90 Å². The molecule has 1 atom stereocenters. The lowest BCUT2D eigenvalue weighted by molar-refractivity contribution is -0.121. The van der Waals surface area contributed by atoms with Crippen molar-refractivity contribution < 1.29 is 9.53 Å². The van der Waals surface area contributed by atoms with E-state index in [2.05, 4.69) is 10.2 Å². The summed E-state index contributed by atoms with van der Waals surface area (Å²) >= 11 is 12.2. The summed E-state index contributed by atoms with van der Waals surface area (Å²) in [5.41, 5.74) is 1.77. The highest BCUT2D eigenvalue weighted by Crippen LogP contribution is 2.33. The van der Waals surface area contributed by atoms with Crippen molar-refractivity contribution in [1.29, 1.82) is 0 Å². The van der Waals surface area contributed by atoms with Gasteiger partial charge in [-0.2, -0.15) is 0 Å². The molecule has 1 heterocycles. The standard InChI is InChI=1S/C25H24Cl2N2O2/c26-20-10-8-18(9-11-20)16-29-14-4-5-19(17-29)25(30)28-23-15-21(27)12-13-24(23)31-22-6-2-1-3-7-22/h1-3,6-13,15,19H,4-5,14,16-17H2,(H,28,30)/t19-/m1/s1. The summed E-state index contributed by atoms with van der Waals surface area (Å²) < 4.78 is 5.97. The third-order valence-electron chi connectivity index (χ3n) is 5.37. The van der Waals surface area contributed by atoms with Gasteiger partial charge in [0.1, 0.15) is 5.75 Å². The molecule has 1 fully saturated rings. The van der Waals surface area contributed by atoms with Crippen LogP contribution in [0.3, 0.4) is 0 Å². The third kappa shape index (κ3) is 6.01. The van der Waals surface area contributed by atoms with Crippen LogP contribution in [0, 0.1) is 5.92 Å². The minimum absolute atomic E-state index is 0.0130. The van der Waals surface area contributed by atoms with Crippen LogP contribution in [0.4, 0.5) is 5.69 Å². The molecule has 0 spiro atoms. The Kier molecular flexibility index (Phi) is 7.13. The molecule has 0 aliphatic carbocycles. The summed E-state index contributed by atoms with van der Waals surface area (Å²) in [5, 5.41) is 4.32. The fourth-order valence-corrected chi connectivity index (χ4v) is 4.10. The van der Waals surface area contributed by atoms with E-state index < -0.39 is 0 Å². The number of piperidine rings is 1. The number of rotatable bonds is 6. The van der Waals surface area contributed by atoms with Crippen LogP contribution in [0.1, 0.15) is 18.4 Å². The molecule has 160 valence electrons. The highest BCUT2D eigenvalue weighted by atomic mass is 35.5. The first-order chi connectivity index (χ1) is 15.1. The van der Waals surface area contributed by atoms with E-state index >= 15 is 0 Å². The Morgan fingerprint density at radius 1 is 1.00 bits per heavy atom. The topological polar surface area (TPSA) is 41.6 Å². The zero-order chi connectivity index (χ0) is 21.6. The molecule has 1 amide bonds. The number of anilines is 1. The van der Waals surface area contributed by atoms with E-state index in [-0.39, 0.29) is 11.8 Å². The summed E-state index contributed by atoms with van der Waals surface area (Å²) in [6.45, 7) is 2.50. The zero-order valence-electron chi connectivity index (χ0n) is 17.1. The molecule has 1 N–H and O–H groups in total. The van der Waals surface area contributed by atoms with Gasteiger partial charge in [0.05, 0.1) is 11.6 Å². The van der Waals surface area contributed by atoms with Gasteiger partial charge in [-0.1, -0.05) is 53.5 Å². The maximum Gasteiger partial charge on any atom is 0.228 e. The van der Waals surface area contributed by atoms with E-state index in [1.807, 2.05) is 54.6 Å². The van der Waals surface area contributed by atoms with Crippen molar-refractivity contribution in [3.8, 4) is 11.5 Å². The zero-order valence-corrected chi connectivity index (χ0v) is 18.6. The predicted octanol–water partition coefficient (Wildman–Crippen LogP) is 6.64. The number of likely N-dealkylation sites (tertiary alicyclic amines) is 1. The first-order valence-corrected chi connectivity index (χ1v) is 11.1. The summed E-state index contributed by atoms with van der Waals surface area (Å²) in [6, 6.07) is 22.6. The first kappa shape index (κ1) is 21.7. The highest BCUT2D eigenvalue weighted by Gasteiger charge is 2.26. The number of hydrogen-bond donors (Lipinski definition) is 1. The van der Waals surface area contributed by atoms with Crippen molar-refractivity contribution in [3.05, 3.63) is 88.4 Å². The molecule has 31 heavy (non-hydrogen) atoms. The molecular formula is C25H24Cl2N2O2. The number of benzene rings is 3. The van der Waals surface area contributed by atoms with Crippen LogP contribution in [0.15, 0.2) is 72.8 Å². The predicted molar refractivity (Wildman–Crippen MR) is 126 cm³/mol. The van der Waals surface area contributed by atoms with Crippen molar-refractivity contribution in [2.45, 2.75) is 19.4 Å². The second-order valence-corrected chi connectivity index (χ2v) is 8.62. The fraction of sp³-hybridized carbons (Fsp3) is 0.240. The maximum absolute atomic E-state index is 13.1. The molecule has 0 aromatic heterocycles. The average molecular weight is 455 g/mol. The van der Waals surface area contributed by atoms with Gasteiger partial charge >= 0.3 is 0 Å². The van der Waals surface area contributed by atoms with Gasteiger partial charge in [0, 0.05) is 23.1 Å². The van der Waals surface area contributed by atoms with Gasteiger partial charge in [-0.25, -0.2) is 0 Å². The fourth-order valence-electron chi connectivity index (χ4n) is 3.80. The van der Waals surface area contributed by atoms with Gasteiger partial charge in [0.2, 0.25) is 5.91 Å². The molecule has 4 nitrogen and oxygen atoms in total. The summed E-state index contributed by atoms with van der Waals surface area (Å²) in [7, 11) is 0. The monoisotopic (exact) mass is 454 g/mol. The normalized spacial score (nSPS) is 16.6. The first-order valence-electron chi connectivity index (χ1n) is 10.4. The van der Waals surface area contributed by atoms with Crippen LogP contribution in [-0.4, -0.2) is 23.9 Å². The number of nitrogens with zero attached hydrogens (tertiary/aromatic N) is 1. The SMILES string of the molecule is O=C(Nc1cc(Cl)ccc1Oc1ccccc1)[C@@H]1CCCN(Cc2ccc(Cl)cc2)C1. The second-order valence-electron chi connectivity index (χ2n) is 7.75. The highest BCUT2D eigenvalue weighted by molar-refractivity contribution is 6.31. The number of carbonyl (C=O) groups excluding carboxylic acids is 1. The molecule has 4 rings (SSSR count). The lowest BCUT2D eigenvalue weighted by Gasteiger charge is -2.32. The van der Waals surface area contributed by atoms with Crippen molar-refractivity contribution in [2.75, 3.05) is 18.4 Å². The van der Waals surface area contributed by atoms with E-state index in [1.54, 1.807) is 18.2 Å². The molecule has 1 aliphatic rings. The van der Waals surface area contributed by atoms with Gasteiger partial charge in [-0.05, 0) is 67.4 Å². The molecule has 1 aliphatic heterocycles. The van der Waals surface area contributed by atoms with Crippen molar-refractivity contribution >= 4 is 34.8 Å². The number of para-hydroxylation sites is 1. The minimum Gasteiger partial charge on any atom is -0.455 e. The number of carbonyl (C=O) groups is 1. The van der Waals surface area contributed by atoms with Gasteiger partial charge in [0.25, 0.3) is 0 Å². The van der Waals surface area contributed by atoms with Gasteiger partial charge in [-0.15, -0.1) is 0 Å². The molecular weight excluding hydrogens is 431 g/mol. The quantitative estimate of drug-likeness (QED) is 0.453. The Morgan fingerprint density at radius 3 is 2.52 bits per heavy atom. The Bertz CT molecular complexity index is 1030. The summed E-state index contributed by atoms with van der Waals surface area (Å²) in [6.07, 6.45) is 1.84. The van der Waals surface area contributed by atoms with E-state index in [0.717, 1.165) is 31.0 Å². The largest absolute Gasteiger partial charge is 0.455 e. The molecule has 1 saturated heterocycles. The van der Waals surface area contributed by atoms with Crippen LogP contribution in [0.2, 0.25) is 10.0 Å². The smallest absolute Gasteiger partial charge is 0.228 e. The van der Waals surface area contributed by atoms with Crippen LogP contribution >= 0.6 is 23.2 Å². The Morgan fingerprint density at radius 2 is 1.74 bits per heavy atom. The molecule has 6 heteroatoms. The molecule has 0 unspecified atom stereocenters. The molecule has 0 radical (unpaired) electrons. The van der Waals surface area contributed by atoms with E-state index in [1.165, 1.54) is 5.56 Å². The van der Waals surface area contributed by atoms with Crippen LogP contribution in [0.25, 0.3) is 0 Å².